The maximum absolute atomic E-state index is 11.1. The van der Waals surface area contributed by atoms with Crippen LogP contribution in [0.4, 0.5) is 0 Å². The van der Waals surface area contributed by atoms with Gasteiger partial charge in [0.25, 0.3) is 0 Å². The van der Waals surface area contributed by atoms with Crippen LogP contribution in [-0.4, -0.2) is 33.5 Å². The lowest BCUT2D eigenvalue weighted by molar-refractivity contribution is 0.318. The zero-order chi connectivity index (χ0) is 12.8. The Morgan fingerprint density at radius 2 is 1.88 bits per heavy atom. The smallest absolute Gasteiger partial charge is 0.147 e. The molecule has 3 nitrogen and oxygen atoms in total. The van der Waals surface area contributed by atoms with E-state index in [0.717, 1.165) is 19.5 Å². The van der Waals surface area contributed by atoms with E-state index in [4.69, 9.17) is 0 Å². The highest BCUT2D eigenvalue weighted by Gasteiger charge is 2.19. The minimum atomic E-state index is -2.83. The molecule has 0 aliphatic carbocycles. The predicted molar refractivity (Wildman–Crippen MR) is 70.4 cm³/mol. The number of hydrogen-bond donors (Lipinski definition) is 1. The highest BCUT2D eigenvalue weighted by molar-refractivity contribution is 7.90. The standard InChI is InChI=1S/C12H27NO2S/c1-6-11(2)9-13-10-12(3,4)7-8-16(5,14)15/h11,13H,6-10H2,1-5H3. The summed E-state index contributed by atoms with van der Waals surface area (Å²) in [4.78, 5) is 0. The van der Waals surface area contributed by atoms with E-state index < -0.39 is 9.84 Å². The van der Waals surface area contributed by atoms with E-state index in [-0.39, 0.29) is 11.2 Å². The molecule has 1 N–H and O–H groups in total. The first-order valence-electron chi connectivity index (χ1n) is 6.05. The summed E-state index contributed by atoms with van der Waals surface area (Å²) < 4.78 is 22.2. The third-order valence-corrected chi connectivity index (χ3v) is 3.89. The summed E-state index contributed by atoms with van der Waals surface area (Å²) in [5.41, 5.74) is 0.0521. The molecule has 1 unspecified atom stereocenters. The van der Waals surface area contributed by atoms with Gasteiger partial charge in [0.1, 0.15) is 9.84 Å². The monoisotopic (exact) mass is 249 g/mol. The van der Waals surface area contributed by atoms with Gasteiger partial charge in [-0.05, 0) is 24.3 Å². The molecule has 0 spiro atoms. The van der Waals surface area contributed by atoms with E-state index in [2.05, 4.69) is 33.0 Å². The van der Waals surface area contributed by atoms with Gasteiger partial charge in [0, 0.05) is 12.8 Å². The van der Waals surface area contributed by atoms with Crippen molar-refractivity contribution in [3.63, 3.8) is 0 Å². The average Bonchev–Trinajstić information content (AvgIpc) is 2.13. The minimum absolute atomic E-state index is 0.0521. The first-order chi connectivity index (χ1) is 7.16. The van der Waals surface area contributed by atoms with Gasteiger partial charge in [0.05, 0.1) is 5.75 Å². The first kappa shape index (κ1) is 15.9. The SMILES string of the molecule is CCC(C)CNCC(C)(C)CCS(C)(=O)=O. The van der Waals surface area contributed by atoms with Crippen molar-refractivity contribution < 1.29 is 8.42 Å². The van der Waals surface area contributed by atoms with Crippen LogP contribution in [0.15, 0.2) is 0 Å². The Morgan fingerprint density at radius 1 is 1.31 bits per heavy atom. The van der Waals surface area contributed by atoms with E-state index in [0.29, 0.717) is 5.92 Å². The van der Waals surface area contributed by atoms with Gasteiger partial charge in [-0.2, -0.15) is 0 Å². The van der Waals surface area contributed by atoms with Crippen molar-refractivity contribution in [1.82, 2.24) is 5.32 Å². The Hall–Kier alpha value is -0.0900. The van der Waals surface area contributed by atoms with E-state index in [9.17, 15) is 8.42 Å². The molecule has 4 heteroatoms. The van der Waals surface area contributed by atoms with Crippen LogP contribution < -0.4 is 5.32 Å². The number of hydrogen-bond acceptors (Lipinski definition) is 3. The van der Waals surface area contributed by atoms with E-state index >= 15 is 0 Å². The van der Waals surface area contributed by atoms with Gasteiger partial charge in [0.2, 0.25) is 0 Å². The van der Waals surface area contributed by atoms with E-state index in [1.165, 1.54) is 12.7 Å². The Kier molecular flexibility index (Phi) is 6.56. The van der Waals surface area contributed by atoms with Crippen LogP contribution in [0.3, 0.4) is 0 Å². The summed E-state index contributed by atoms with van der Waals surface area (Å²) in [7, 11) is -2.83. The van der Waals surface area contributed by atoms with Crippen LogP contribution in [0, 0.1) is 11.3 Å². The predicted octanol–water partition coefficient (Wildman–Crippen LogP) is 2.08. The number of rotatable bonds is 8. The molecule has 16 heavy (non-hydrogen) atoms. The van der Waals surface area contributed by atoms with Crippen molar-refractivity contribution in [2.24, 2.45) is 11.3 Å². The van der Waals surface area contributed by atoms with Gasteiger partial charge in [-0.3, -0.25) is 0 Å². The molecule has 0 saturated heterocycles. The molecule has 98 valence electrons. The summed E-state index contributed by atoms with van der Waals surface area (Å²) in [6.07, 6.45) is 3.20. The molecule has 0 aliphatic heterocycles. The molecule has 0 aromatic rings. The second-order valence-electron chi connectivity index (χ2n) is 5.69. The molecule has 0 aromatic heterocycles. The van der Waals surface area contributed by atoms with Gasteiger partial charge in [0.15, 0.2) is 0 Å². The summed E-state index contributed by atoms with van der Waals surface area (Å²) in [5, 5.41) is 3.42. The second kappa shape index (κ2) is 6.60. The molecule has 0 radical (unpaired) electrons. The maximum Gasteiger partial charge on any atom is 0.147 e. The maximum atomic E-state index is 11.1. The third-order valence-electron chi connectivity index (χ3n) is 2.94. The van der Waals surface area contributed by atoms with Gasteiger partial charge < -0.3 is 5.32 Å². The molecule has 0 fully saturated rings. The highest BCUT2D eigenvalue weighted by atomic mass is 32.2. The highest BCUT2D eigenvalue weighted by Crippen LogP contribution is 2.19. The molecule has 0 aliphatic rings. The summed E-state index contributed by atoms with van der Waals surface area (Å²) in [6, 6.07) is 0. The third kappa shape index (κ3) is 9.16. The molecule has 0 amide bonds. The first-order valence-corrected chi connectivity index (χ1v) is 8.11. The molecular weight excluding hydrogens is 222 g/mol. The Morgan fingerprint density at radius 3 is 2.31 bits per heavy atom. The van der Waals surface area contributed by atoms with Crippen molar-refractivity contribution in [1.29, 1.82) is 0 Å². The summed E-state index contributed by atoms with van der Waals surface area (Å²) in [5.74, 6) is 0.969. The van der Waals surface area contributed by atoms with Crippen LogP contribution >= 0.6 is 0 Å². The lowest BCUT2D eigenvalue weighted by Gasteiger charge is -2.25. The fourth-order valence-electron chi connectivity index (χ4n) is 1.35. The lowest BCUT2D eigenvalue weighted by Crippen LogP contribution is -2.33. The minimum Gasteiger partial charge on any atom is -0.316 e. The number of sulfone groups is 1. The van der Waals surface area contributed by atoms with E-state index in [1.54, 1.807) is 0 Å². The van der Waals surface area contributed by atoms with Gasteiger partial charge in [-0.15, -0.1) is 0 Å². The normalized spacial score (nSPS) is 15.1. The molecule has 0 saturated carbocycles. The summed E-state index contributed by atoms with van der Waals surface area (Å²) in [6.45, 7) is 10.5. The average molecular weight is 249 g/mol. The zero-order valence-electron chi connectivity index (χ0n) is 11.3. The Balaban J connectivity index is 3.87. The molecule has 0 aromatic carbocycles. The molecular formula is C12H27NO2S. The topological polar surface area (TPSA) is 46.2 Å². The molecule has 0 bridgehead atoms. The van der Waals surface area contributed by atoms with Crippen LogP contribution in [0.1, 0.15) is 40.5 Å². The fraction of sp³-hybridized carbons (Fsp3) is 1.00. The van der Waals surface area contributed by atoms with Crippen LogP contribution in [-0.2, 0) is 9.84 Å². The van der Waals surface area contributed by atoms with Crippen molar-refractivity contribution in [3.8, 4) is 0 Å². The van der Waals surface area contributed by atoms with Crippen LogP contribution in [0.25, 0.3) is 0 Å². The van der Waals surface area contributed by atoms with Crippen molar-refractivity contribution in [2.45, 2.75) is 40.5 Å². The molecule has 1 atom stereocenters. The number of nitrogens with one attached hydrogen (secondary N) is 1. The Labute approximate surface area is 101 Å². The van der Waals surface area contributed by atoms with Crippen molar-refractivity contribution in [2.75, 3.05) is 25.1 Å². The van der Waals surface area contributed by atoms with Crippen molar-refractivity contribution >= 4 is 9.84 Å². The summed E-state index contributed by atoms with van der Waals surface area (Å²) >= 11 is 0. The van der Waals surface area contributed by atoms with Gasteiger partial charge in [-0.1, -0.05) is 34.1 Å². The second-order valence-corrected chi connectivity index (χ2v) is 7.95. The van der Waals surface area contributed by atoms with Gasteiger partial charge in [-0.25, -0.2) is 8.42 Å². The Bertz CT molecular complexity index is 283. The lowest BCUT2D eigenvalue weighted by atomic mass is 9.90. The molecule has 0 rings (SSSR count). The van der Waals surface area contributed by atoms with Crippen molar-refractivity contribution in [3.05, 3.63) is 0 Å². The zero-order valence-corrected chi connectivity index (χ0v) is 12.2. The fourth-order valence-corrected chi connectivity index (χ4v) is 2.27. The molecule has 0 heterocycles. The quantitative estimate of drug-likeness (QED) is 0.716. The largest absolute Gasteiger partial charge is 0.316 e. The van der Waals surface area contributed by atoms with E-state index in [1.807, 2.05) is 0 Å². The van der Waals surface area contributed by atoms with Gasteiger partial charge >= 0.3 is 0 Å². The van der Waals surface area contributed by atoms with Crippen LogP contribution in [0.5, 0.6) is 0 Å². The van der Waals surface area contributed by atoms with Crippen LogP contribution in [0.2, 0.25) is 0 Å².